The molecule has 1 N–H and O–H groups in total. The molecule has 0 atom stereocenters. The molecule has 4 nitrogen and oxygen atoms in total. The summed E-state index contributed by atoms with van der Waals surface area (Å²) < 4.78 is 4.97. The largest absolute Gasteiger partial charge is 0.496 e. The molecule has 0 heterocycles. The topological polar surface area (TPSA) is 63.6 Å². The Hall–Kier alpha value is -1.84. The van der Waals surface area contributed by atoms with Crippen molar-refractivity contribution in [2.45, 2.75) is 13.3 Å². The van der Waals surface area contributed by atoms with E-state index in [1.54, 1.807) is 6.92 Å². The van der Waals surface area contributed by atoms with Gasteiger partial charge in [-0.1, -0.05) is 6.92 Å². The van der Waals surface area contributed by atoms with Gasteiger partial charge in [-0.2, -0.15) is 0 Å². The average molecular weight is 208 g/mol. The van der Waals surface area contributed by atoms with Crippen molar-refractivity contribution in [3.05, 3.63) is 29.3 Å². The standard InChI is InChI=1S/C11H12O4/c1-3-9(12)8-5-4-7(11(13)14)6-10(8)15-2/h4-6H,3H2,1-2H3,(H,13,14). The van der Waals surface area contributed by atoms with Gasteiger partial charge in [0.25, 0.3) is 0 Å². The van der Waals surface area contributed by atoms with Crippen molar-refractivity contribution >= 4 is 11.8 Å². The van der Waals surface area contributed by atoms with Crippen molar-refractivity contribution in [3.8, 4) is 5.75 Å². The van der Waals surface area contributed by atoms with E-state index in [1.165, 1.54) is 25.3 Å². The van der Waals surface area contributed by atoms with Gasteiger partial charge < -0.3 is 9.84 Å². The summed E-state index contributed by atoms with van der Waals surface area (Å²) in [4.78, 5) is 22.1. The third-order valence-electron chi connectivity index (χ3n) is 2.07. The van der Waals surface area contributed by atoms with Crippen LogP contribution in [0, 0.1) is 0 Å². The van der Waals surface area contributed by atoms with Gasteiger partial charge in [0.2, 0.25) is 0 Å². The van der Waals surface area contributed by atoms with E-state index in [1.807, 2.05) is 0 Å². The lowest BCUT2D eigenvalue weighted by Crippen LogP contribution is -2.03. The summed E-state index contributed by atoms with van der Waals surface area (Å²) in [5.74, 6) is -0.797. The van der Waals surface area contributed by atoms with E-state index in [9.17, 15) is 9.59 Å². The fourth-order valence-corrected chi connectivity index (χ4v) is 1.25. The Balaban J connectivity index is 3.20. The molecule has 0 saturated carbocycles. The lowest BCUT2D eigenvalue weighted by atomic mass is 10.1. The normalized spacial score (nSPS) is 9.73. The number of ether oxygens (including phenoxy) is 1. The van der Waals surface area contributed by atoms with Gasteiger partial charge in [0.15, 0.2) is 5.78 Å². The Morgan fingerprint density at radius 1 is 1.40 bits per heavy atom. The second-order valence-electron chi connectivity index (χ2n) is 3.00. The van der Waals surface area contributed by atoms with Gasteiger partial charge in [-0.25, -0.2) is 4.79 Å². The summed E-state index contributed by atoms with van der Waals surface area (Å²) in [5.41, 5.74) is 0.532. The number of carbonyl (C=O) groups is 2. The zero-order valence-electron chi connectivity index (χ0n) is 8.61. The van der Waals surface area contributed by atoms with Gasteiger partial charge in [0, 0.05) is 6.42 Å². The van der Waals surface area contributed by atoms with Gasteiger partial charge >= 0.3 is 5.97 Å². The average Bonchev–Trinajstić information content (AvgIpc) is 2.27. The molecule has 0 aliphatic carbocycles. The quantitative estimate of drug-likeness (QED) is 0.768. The molecule has 4 heteroatoms. The fourth-order valence-electron chi connectivity index (χ4n) is 1.25. The van der Waals surface area contributed by atoms with Gasteiger partial charge in [-0.3, -0.25) is 4.79 Å². The van der Waals surface area contributed by atoms with Gasteiger partial charge in [-0.15, -0.1) is 0 Å². The summed E-state index contributed by atoms with van der Waals surface area (Å²) in [6.45, 7) is 1.74. The minimum atomic E-state index is -1.04. The molecule has 0 saturated heterocycles. The SMILES string of the molecule is CCC(=O)c1ccc(C(=O)O)cc1OC. The van der Waals surface area contributed by atoms with Crippen LogP contribution in [0.2, 0.25) is 0 Å². The van der Waals surface area contributed by atoms with Crippen LogP contribution < -0.4 is 4.74 Å². The van der Waals surface area contributed by atoms with Crippen molar-refractivity contribution in [1.82, 2.24) is 0 Å². The maximum Gasteiger partial charge on any atom is 0.335 e. The lowest BCUT2D eigenvalue weighted by Gasteiger charge is -2.07. The first-order valence-electron chi connectivity index (χ1n) is 4.54. The number of carboxylic acids is 1. The summed E-state index contributed by atoms with van der Waals surface area (Å²) in [7, 11) is 1.41. The maximum atomic E-state index is 11.4. The molecule has 0 radical (unpaired) electrons. The first kappa shape index (κ1) is 11.2. The van der Waals surface area contributed by atoms with Crippen LogP contribution in [0.4, 0.5) is 0 Å². The number of hydrogen-bond acceptors (Lipinski definition) is 3. The first-order valence-corrected chi connectivity index (χ1v) is 4.54. The number of hydrogen-bond donors (Lipinski definition) is 1. The molecule has 0 spiro atoms. The number of aromatic carboxylic acids is 1. The Kier molecular flexibility index (Phi) is 3.44. The zero-order valence-corrected chi connectivity index (χ0v) is 8.61. The second-order valence-corrected chi connectivity index (χ2v) is 3.00. The van der Waals surface area contributed by atoms with E-state index in [0.29, 0.717) is 17.7 Å². The minimum absolute atomic E-state index is 0.0659. The number of carboxylic acid groups (broad SMARTS) is 1. The number of Topliss-reactive ketones (excluding diaryl/α,β-unsaturated/α-hetero) is 1. The second kappa shape index (κ2) is 4.59. The fraction of sp³-hybridized carbons (Fsp3) is 0.273. The molecule has 0 fully saturated rings. The van der Waals surface area contributed by atoms with Crippen LogP contribution in [0.3, 0.4) is 0 Å². The van der Waals surface area contributed by atoms with Crippen LogP contribution in [-0.4, -0.2) is 24.0 Å². The van der Waals surface area contributed by atoms with Crippen LogP contribution in [0.1, 0.15) is 34.1 Å². The van der Waals surface area contributed by atoms with Crippen LogP contribution in [0.5, 0.6) is 5.75 Å². The van der Waals surface area contributed by atoms with Gasteiger partial charge in [0.05, 0.1) is 18.2 Å². The Bertz CT molecular complexity index is 396. The van der Waals surface area contributed by atoms with Crippen molar-refractivity contribution in [2.75, 3.05) is 7.11 Å². The van der Waals surface area contributed by atoms with Crippen LogP contribution in [0.25, 0.3) is 0 Å². The van der Waals surface area contributed by atoms with E-state index < -0.39 is 5.97 Å². The summed E-state index contributed by atoms with van der Waals surface area (Å²) in [5, 5.41) is 8.75. The number of carbonyl (C=O) groups excluding carboxylic acids is 1. The lowest BCUT2D eigenvalue weighted by molar-refractivity contribution is 0.0696. The minimum Gasteiger partial charge on any atom is -0.496 e. The van der Waals surface area contributed by atoms with E-state index in [0.717, 1.165) is 0 Å². The maximum absolute atomic E-state index is 11.4. The first-order chi connectivity index (χ1) is 7.10. The summed E-state index contributed by atoms with van der Waals surface area (Å²) >= 11 is 0. The number of rotatable bonds is 4. The highest BCUT2D eigenvalue weighted by Gasteiger charge is 2.13. The smallest absolute Gasteiger partial charge is 0.335 e. The molecular formula is C11H12O4. The van der Waals surface area contributed by atoms with Crippen LogP contribution in [-0.2, 0) is 0 Å². The molecule has 0 unspecified atom stereocenters. The monoisotopic (exact) mass is 208 g/mol. The third-order valence-corrected chi connectivity index (χ3v) is 2.07. The molecule has 1 rings (SSSR count). The van der Waals surface area contributed by atoms with Crippen LogP contribution in [0.15, 0.2) is 18.2 Å². The summed E-state index contributed by atoms with van der Waals surface area (Å²) in [6, 6.07) is 4.23. The highest BCUT2D eigenvalue weighted by atomic mass is 16.5. The van der Waals surface area contributed by atoms with Gasteiger partial charge in [0.1, 0.15) is 5.75 Å². The Labute approximate surface area is 87.5 Å². The number of ketones is 1. The molecule has 0 aliphatic rings. The summed E-state index contributed by atoms with van der Waals surface area (Å²) in [6.07, 6.45) is 0.364. The molecule has 1 aromatic carbocycles. The van der Waals surface area contributed by atoms with Gasteiger partial charge in [-0.05, 0) is 18.2 Å². The van der Waals surface area contributed by atoms with Crippen LogP contribution >= 0.6 is 0 Å². The predicted molar refractivity (Wildman–Crippen MR) is 54.6 cm³/mol. The number of methoxy groups -OCH3 is 1. The molecule has 0 bridgehead atoms. The van der Waals surface area contributed by atoms with E-state index in [2.05, 4.69) is 0 Å². The van der Waals surface area contributed by atoms with Crippen molar-refractivity contribution in [3.63, 3.8) is 0 Å². The Morgan fingerprint density at radius 3 is 2.53 bits per heavy atom. The van der Waals surface area contributed by atoms with E-state index >= 15 is 0 Å². The van der Waals surface area contributed by atoms with Crippen molar-refractivity contribution in [1.29, 1.82) is 0 Å². The highest BCUT2D eigenvalue weighted by molar-refractivity contribution is 6.00. The molecule has 0 amide bonds. The Morgan fingerprint density at radius 2 is 2.07 bits per heavy atom. The highest BCUT2D eigenvalue weighted by Crippen LogP contribution is 2.21. The molecule has 15 heavy (non-hydrogen) atoms. The molecule has 80 valence electrons. The number of benzene rings is 1. The third kappa shape index (κ3) is 2.34. The molecule has 0 aromatic heterocycles. The van der Waals surface area contributed by atoms with Crippen molar-refractivity contribution in [2.24, 2.45) is 0 Å². The molecular weight excluding hydrogens is 196 g/mol. The zero-order chi connectivity index (χ0) is 11.4. The van der Waals surface area contributed by atoms with E-state index in [4.69, 9.17) is 9.84 Å². The van der Waals surface area contributed by atoms with E-state index in [-0.39, 0.29) is 11.3 Å². The molecule has 1 aromatic rings. The molecule has 0 aliphatic heterocycles. The predicted octanol–water partition coefficient (Wildman–Crippen LogP) is 1.99. The van der Waals surface area contributed by atoms with Crippen molar-refractivity contribution < 1.29 is 19.4 Å².